The topological polar surface area (TPSA) is 92.7 Å². The number of benzene rings is 1. The molecule has 0 radical (unpaired) electrons. The number of allylic oxidation sites excluding steroid dienone is 1. The Morgan fingerprint density at radius 2 is 2.00 bits per heavy atom. The lowest BCUT2D eigenvalue weighted by Gasteiger charge is -2.08. The predicted molar refractivity (Wildman–Crippen MR) is 75.0 cm³/mol. The summed E-state index contributed by atoms with van der Waals surface area (Å²) >= 11 is 0. The van der Waals surface area contributed by atoms with Gasteiger partial charge in [-0.05, 0) is 18.2 Å². The molecule has 0 bridgehead atoms. The van der Waals surface area contributed by atoms with Crippen LogP contribution in [0.2, 0.25) is 0 Å². The Bertz CT molecular complexity index is 527. The summed E-state index contributed by atoms with van der Waals surface area (Å²) in [4.78, 5) is 23.4. The van der Waals surface area contributed by atoms with E-state index in [1.54, 1.807) is 30.3 Å². The van der Waals surface area contributed by atoms with Gasteiger partial charge in [-0.15, -0.1) is 0 Å². The molecule has 0 aliphatic heterocycles. The minimum absolute atomic E-state index is 0.0146. The highest BCUT2D eigenvalue weighted by Gasteiger charge is 2.14. The average Bonchev–Trinajstić information content (AvgIpc) is 2.50. The largest absolute Gasteiger partial charge is 0.464 e. The van der Waals surface area contributed by atoms with Crippen LogP contribution in [-0.4, -0.2) is 36.6 Å². The fourth-order valence-corrected chi connectivity index (χ4v) is 1.92. The summed E-state index contributed by atoms with van der Waals surface area (Å²) in [6.45, 7) is 0. The molecule has 1 aromatic carbocycles. The third-order valence-electron chi connectivity index (χ3n) is 2.40. The second kappa shape index (κ2) is 8.30. The second-order valence-corrected chi connectivity index (χ2v) is 5.63. The highest BCUT2D eigenvalue weighted by atomic mass is 31.1. The van der Waals surface area contributed by atoms with Crippen molar-refractivity contribution >= 4 is 19.7 Å². The number of hydrogen-bond acceptors (Lipinski definition) is 5. The van der Waals surface area contributed by atoms with Gasteiger partial charge in [0.2, 0.25) is 0 Å². The molecule has 1 aromatic rings. The highest BCUT2D eigenvalue weighted by molar-refractivity contribution is 7.44. The molecule has 0 aliphatic rings. The van der Waals surface area contributed by atoms with Gasteiger partial charge in [-0.2, -0.15) is 0 Å². The zero-order chi connectivity index (χ0) is 15.0. The Balaban J connectivity index is 2.82. The lowest BCUT2D eigenvalue weighted by atomic mass is 10.2. The quantitative estimate of drug-likeness (QED) is 0.464. The number of methoxy groups -OCH3 is 1. The SMILES string of the molecule is COC(=O)/C(=C/C[PH](=O)CO)NC(=O)c1ccccc1. The molecule has 1 unspecified atom stereocenters. The molecule has 1 amide bonds. The summed E-state index contributed by atoms with van der Waals surface area (Å²) in [6.07, 6.45) is 0.868. The fourth-order valence-electron chi connectivity index (χ4n) is 1.36. The predicted octanol–water partition coefficient (Wildman–Crippen LogP) is 0.983. The molecule has 0 aliphatic carbocycles. The number of amides is 1. The van der Waals surface area contributed by atoms with E-state index in [0.29, 0.717) is 5.56 Å². The molecule has 7 heteroatoms. The van der Waals surface area contributed by atoms with Crippen molar-refractivity contribution in [2.45, 2.75) is 0 Å². The van der Waals surface area contributed by atoms with Crippen LogP contribution in [0.1, 0.15) is 10.4 Å². The number of nitrogens with one attached hydrogen (secondary N) is 1. The van der Waals surface area contributed by atoms with Gasteiger partial charge < -0.3 is 19.7 Å². The van der Waals surface area contributed by atoms with E-state index in [2.05, 4.69) is 10.1 Å². The van der Waals surface area contributed by atoms with Crippen molar-refractivity contribution < 1.29 is 24.0 Å². The summed E-state index contributed by atoms with van der Waals surface area (Å²) in [5.41, 5.74) is 0.297. The maximum atomic E-state index is 11.9. The Morgan fingerprint density at radius 1 is 1.35 bits per heavy atom. The molecule has 20 heavy (non-hydrogen) atoms. The molecule has 0 saturated carbocycles. The Morgan fingerprint density at radius 3 is 2.55 bits per heavy atom. The smallest absolute Gasteiger partial charge is 0.354 e. The van der Waals surface area contributed by atoms with E-state index in [-0.39, 0.29) is 11.9 Å². The van der Waals surface area contributed by atoms with Crippen LogP contribution in [0.5, 0.6) is 0 Å². The van der Waals surface area contributed by atoms with Crippen molar-refractivity contribution in [2.24, 2.45) is 0 Å². The van der Waals surface area contributed by atoms with Crippen LogP contribution in [0.4, 0.5) is 0 Å². The summed E-state index contributed by atoms with van der Waals surface area (Å²) < 4.78 is 15.7. The van der Waals surface area contributed by atoms with Gasteiger partial charge in [-0.1, -0.05) is 18.2 Å². The molecule has 108 valence electrons. The van der Waals surface area contributed by atoms with Crippen LogP contribution in [0.15, 0.2) is 42.1 Å². The zero-order valence-corrected chi connectivity index (χ0v) is 12.0. The molecule has 0 aromatic heterocycles. The summed E-state index contributed by atoms with van der Waals surface area (Å²) in [5.74, 6) is -1.20. The third-order valence-corrected chi connectivity index (χ3v) is 3.41. The minimum atomic E-state index is -2.19. The van der Waals surface area contributed by atoms with E-state index >= 15 is 0 Å². The van der Waals surface area contributed by atoms with Gasteiger partial charge in [-0.3, -0.25) is 4.79 Å². The number of aliphatic hydroxyl groups is 1. The van der Waals surface area contributed by atoms with Crippen molar-refractivity contribution in [1.82, 2.24) is 5.32 Å². The van der Waals surface area contributed by atoms with Crippen LogP contribution in [0, 0.1) is 0 Å². The lowest BCUT2D eigenvalue weighted by Crippen LogP contribution is -2.28. The standard InChI is InChI=1S/C13H16NO5P/c1-19-13(17)11(7-8-20(18)9-15)14-12(16)10-5-3-2-4-6-10/h2-7,15,20H,8-9H2,1H3,(H,14,16)/b11-7-. The van der Waals surface area contributed by atoms with E-state index in [0.717, 1.165) is 0 Å². The minimum Gasteiger partial charge on any atom is -0.464 e. The van der Waals surface area contributed by atoms with Crippen molar-refractivity contribution in [3.05, 3.63) is 47.7 Å². The second-order valence-electron chi connectivity index (χ2n) is 3.83. The molecular weight excluding hydrogens is 281 g/mol. The van der Waals surface area contributed by atoms with Gasteiger partial charge in [0.1, 0.15) is 13.5 Å². The van der Waals surface area contributed by atoms with Crippen LogP contribution in [0.3, 0.4) is 0 Å². The van der Waals surface area contributed by atoms with Crippen molar-refractivity contribution in [3.8, 4) is 0 Å². The van der Waals surface area contributed by atoms with Gasteiger partial charge in [0.25, 0.3) is 5.91 Å². The van der Waals surface area contributed by atoms with E-state index < -0.39 is 26.0 Å². The maximum Gasteiger partial charge on any atom is 0.354 e. The Hall–Kier alpha value is -1.91. The molecule has 0 saturated heterocycles. The van der Waals surface area contributed by atoms with E-state index in [9.17, 15) is 14.2 Å². The molecule has 0 spiro atoms. The van der Waals surface area contributed by atoms with Gasteiger partial charge >= 0.3 is 5.97 Å². The van der Waals surface area contributed by atoms with Crippen LogP contribution in [-0.2, 0) is 14.1 Å². The Kier molecular flexibility index (Phi) is 6.70. The van der Waals surface area contributed by atoms with Crippen LogP contribution >= 0.6 is 7.80 Å². The zero-order valence-electron chi connectivity index (χ0n) is 11.0. The first-order chi connectivity index (χ1) is 9.58. The molecule has 1 rings (SSSR count). The van der Waals surface area contributed by atoms with Gasteiger partial charge in [0.05, 0.1) is 13.5 Å². The van der Waals surface area contributed by atoms with Gasteiger partial charge in [-0.25, -0.2) is 4.79 Å². The number of hydrogen-bond donors (Lipinski definition) is 2. The molecule has 2 N–H and O–H groups in total. The van der Waals surface area contributed by atoms with Gasteiger partial charge in [0, 0.05) is 11.7 Å². The first kappa shape index (κ1) is 16.1. The first-order valence-electron chi connectivity index (χ1n) is 5.86. The van der Waals surface area contributed by atoms with E-state index in [1.807, 2.05) is 0 Å². The number of aliphatic hydroxyl groups excluding tert-OH is 1. The van der Waals surface area contributed by atoms with E-state index in [4.69, 9.17) is 5.11 Å². The third kappa shape index (κ3) is 4.99. The van der Waals surface area contributed by atoms with Gasteiger partial charge in [0.15, 0.2) is 0 Å². The molecule has 0 heterocycles. The first-order valence-corrected chi connectivity index (χ1v) is 7.68. The van der Waals surface area contributed by atoms with Crippen molar-refractivity contribution in [1.29, 1.82) is 0 Å². The fraction of sp³-hybridized carbons (Fsp3) is 0.231. The average molecular weight is 297 g/mol. The van der Waals surface area contributed by atoms with E-state index in [1.165, 1.54) is 13.2 Å². The molecular formula is C13H16NO5P. The molecule has 0 fully saturated rings. The van der Waals surface area contributed by atoms with Crippen LogP contribution in [0.25, 0.3) is 0 Å². The lowest BCUT2D eigenvalue weighted by molar-refractivity contribution is -0.136. The normalized spacial score (nSPS) is 12.6. The Labute approximate surface area is 117 Å². The summed E-state index contributed by atoms with van der Waals surface area (Å²) in [6, 6.07) is 8.35. The summed E-state index contributed by atoms with van der Waals surface area (Å²) in [7, 11) is -1.01. The summed E-state index contributed by atoms with van der Waals surface area (Å²) in [5, 5.41) is 11.1. The van der Waals surface area contributed by atoms with Crippen molar-refractivity contribution in [3.63, 3.8) is 0 Å². The molecule has 6 nitrogen and oxygen atoms in total. The highest BCUT2D eigenvalue weighted by Crippen LogP contribution is 2.18. The monoisotopic (exact) mass is 297 g/mol. The van der Waals surface area contributed by atoms with Crippen molar-refractivity contribution in [2.75, 3.05) is 19.6 Å². The number of ether oxygens (including phenoxy) is 1. The van der Waals surface area contributed by atoms with Crippen LogP contribution < -0.4 is 5.32 Å². The number of carbonyl (C=O) groups excluding carboxylic acids is 2. The number of carbonyl (C=O) groups is 2. The number of rotatable bonds is 6. The molecule has 1 atom stereocenters. The maximum absolute atomic E-state index is 11.9. The number of esters is 1.